The Kier molecular flexibility index (Phi) is 7.11. The summed E-state index contributed by atoms with van der Waals surface area (Å²) in [5.74, 6) is 0.211. The van der Waals surface area contributed by atoms with Gasteiger partial charge in [0, 0.05) is 13.1 Å². The van der Waals surface area contributed by atoms with E-state index in [1.165, 1.54) is 0 Å². The van der Waals surface area contributed by atoms with Crippen LogP contribution in [-0.2, 0) is 11.2 Å². The first-order valence-corrected chi connectivity index (χ1v) is 6.79. The predicted molar refractivity (Wildman–Crippen MR) is 75.3 cm³/mol. The van der Waals surface area contributed by atoms with Crippen LogP contribution >= 0.6 is 0 Å². The number of hydrogen-bond donors (Lipinski definition) is 1. The van der Waals surface area contributed by atoms with Crippen LogP contribution in [0.4, 0.5) is 0 Å². The van der Waals surface area contributed by atoms with Crippen LogP contribution in [0, 0.1) is 0 Å². The molecule has 0 saturated heterocycles. The van der Waals surface area contributed by atoms with Gasteiger partial charge in [-0.1, -0.05) is 43.7 Å². The van der Waals surface area contributed by atoms with Gasteiger partial charge in [-0.3, -0.25) is 4.79 Å². The third-order valence-electron chi connectivity index (χ3n) is 2.96. The molecule has 1 amide bonds. The van der Waals surface area contributed by atoms with Crippen molar-refractivity contribution in [2.24, 2.45) is 5.73 Å². The van der Waals surface area contributed by atoms with Crippen molar-refractivity contribution in [1.82, 2.24) is 4.90 Å². The van der Waals surface area contributed by atoms with E-state index in [1.807, 2.05) is 35.2 Å². The smallest absolute Gasteiger partial charge is 0.226 e. The zero-order chi connectivity index (χ0) is 13.2. The van der Waals surface area contributed by atoms with Gasteiger partial charge in [-0.15, -0.1) is 0 Å². The average Bonchev–Trinajstić information content (AvgIpc) is 2.40. The molecule has 3 heteroatoms. The Bertz CT molecular complexity index is 330. The summed E-state index contributed by atoms with van der Waals surface area (Å²) in [4.78, 5) is 14.2. The average molecular weight is 248 g/mol. The van der Waals surface area contributed by atoms with Gasteiger partial charge in [-0.25, -0.2) is 0 Å². The summed E-state index contributed by atoms with van der Waals surface area (Å²) < 4.78 is 0. The molecule has 100 valence electrons. The fraction of sp³-hybridized carbons (Fsp3) is 0.533. The van der Waals surface area contributed by atoms with Gasteiger partial charge < -0.3 is 10.6 Å². The van der Waals surface area contributed by atoms with Gasteiger partial charge in [-0.2, -0.15) is 0 Å². The van der Waals surface area contributed by atoms with Gasteiger partial charge in [0.25, 0.3) is 0 Å². The highest BCUT2D eigenvalue weighted by molar-refractivity contribution is 5.78. The van der Waals surface area contributed by atoms with Gasteiger partial charge in [0.1, 0.15) is 0 Å². The first kappa shape index (κ1) is 14.7. The normalized spacial score (nSPS) is 10.3. The van der Waals surface area contributed by atoms with Crippen LogP contribution in [0.3, 0.4) is 0 Å². The molecule has 1 rings (SSSR count). The van der Waals surface area contributed by atoms with Crippen LogP contribution in [0.1, 0.15) is 31.7 Å². The number of carbonyl (C=O) groups excluding carboxylic acids is 1. The zero-order valence-corrected chi connectivity index (χ0v) is 11.3. The van der Waals surface area contributed by atoms with E-state index < -0.39 is 0 Å². The van der Waals surface area contributed by atoms with Crippen LogP contribution in [0.5, 0.6) is 0 Å². The number of rotatable bonds is 8. The maximum absolute atomic E-state index is 12.2. The quantitative estimate of drug-likeness (QED) is 0.766. The summed E-state index contributed by atoms with van der Waals surface area (Å²) in [7, 11) is 0. The molecule has 0 aliphatic heterocycles. The molecule has 0 spiro atoms. The van der Waals surface area contributed by atoms with Crippen molar-refractivity contribution >= 4 is 5.91 Å². The number of nitrogens with zero attached hydrogens (tertiary/aromatic N) is 1. The van der Waals surface area contributed by atoms with E-state index >= 15 is 0 Å². The molecule has 0 fully saturated rings. The Balaban J connectivity index is 2.52. The molecule has 2 N–H and O–H groups in total. The molecule has 3 nitrogen and oxygen atoms in total. The maximum atomic E-state index is 12.2. The zero-order valence-electron chi connectivity index (χ0n) is 11.3. The lowest BCUT2D eigenvalue weighted by Crippen LogP contribution is -2.35. The molecule has 0 atom stereocenters. The minimum atomic E-state index is 0.211. The first-order valence-electron chi connectivity index (χ1n) is 6.79. The topological polar surface area (TPSA) is 46.3 Å². The molecule has 0 bridgehead atoms. The highest BCUT2D eigenvalue weighted by Crippen LogP contribution is 2.05. The lowest BCUT2D eigenvalue weighted by molar-refractivity contribution is -0.130. The second-order valence-electron chi connectivity index (χ2n) is 4.54. The van der Waals surface area contributed by atoms with Crippen LogP contribution in [0.25, 0.3) is 0 Å². The Morgan fingerprint density at radius 1 is 1.17 bits per heavy atom. The largest absolute Gasteiger partial charge is 0.342 e. The van der Waals surface area contributed by atoms with Gasteiger partial charge in [0.05, 0.1) is 6.42 Å². The third kappa shape index (κ3) is 5.32. The second kappa shape index (κ2) is 8.70. The molecular weight excluding hydrogens is 224 g/mol. The van der Waals surface area contributed by atoms with Gasteiger partial charge in [0.2, 0.25) is 5.91 Å². The van der Waals surface area contributed by atoms with Crippen LogP contribution in [0.15, 0.2) is 30.3 Å². The third-order valence-corrected chi connectivity index (χ3v) is 2.96. The van der Waals surface area contributed by atoms with Crippen LogP contribution in [-0.4, -0.2) is 30.4 Å². The van der Waals surface area contributed by atoms with Gasteiger partial charge >= 0.3 is 0 Å². The Morgan fingerprint density at radius 2 is 1.83 bits per heavy atom. The van der Waals surface area contributed by atoms with Crippen molar-refractivity contribution in [2.45, 2.75) is 32.6 Å². The summed E-state index contributed by atoms with van der Waals surface area (Å²) in [6.45, 7) is 4.41. The number of benzene rings is 1. The van der Waals surface area contributed by atoms with Gasteiger partial charge in [0.15, 0.2) is 0 Å². The van der Waals surface area contributed by atoms with Gasteiger partial charge in [-0.05, 0) is 24.9 Å². The number of carbonyl (C=O) groups is 1. The molecule has 0 radical (unpaired) electrons. The molecule has 0 saturated carbocycles. The van der Waals surface area contributed by atoms with E-state index in [0.717, 1.165) is 37.9 Å². The molecule has 1 aromatic rings. The molecule has 0 aliphatic carbocycles. The molecule has 18 heavy (non-hydrogen) atoms. The Hall–Kier alpha value is -1.35. The van der Waals surface area contributed by atoms with Crippen LogP contribution < -0.4 is 5.73 Å². The standard InChI is InChI=1S/C15H24N2O/c1-2-3-11-17(12-7-10-16)15(18)13-14-8-5-4-6-9-14/h4-6,8-9H,2-3,7,10-13,16H2,1H3. The first-order chi connectivity index (χ1) is 8.77. The fourth-order valence-corrected chi connectivity index (χ4v) is 1.87. The highest BCUT2D eigenvalue weighted by Gasteiger charge is 2.12. The summed E-state index contributed by atoms with van der Waals surface area (Å²) in [6.07, 6.45) is 3.54. The van der Waals surface area contributed by atoms with Crippen molar-refractivity contribution in [3.05, 3.63) is 35.9 Å². The fourth-order valence-electron chi connectivity index (χ4n) is 1.87. The number of unbranched alkanes of at least 4 members (excludes halogenated alkanes) is 1. The monoisotopic (exact) mass is 248 g/mol. The summed E-state index contributed by atoms with van der Waals surface area (Å²) in [5.41, 5.74) is 6.60. The van der Waals surface area contributed by atoms with Crippen LogP contribution in [0.2, 0.25) is 0 Å². The van der Waals surface area contributed by atoms with E-state index in [0.29, 0.717) is 13.0 Å². The van der Waals surface area contributed by atoms with Crippen molar-refractivity contribution in [3.63, 3.8) is 0 Å². The van der Waals surface area contributed by atoms with E-state index in [2.05, 4.69) is 6.92 Å². The molecule has 1 aromatic carbocycles. The summed E-state index contributed by atoms with van der Waals surface area (Å²) in [6, 6.07) is 9.91. The summed E-state index contributed by atoms with van der Waals surface area (Å²) in [5, 5.41) is 0. The number of nitrogens with two attached hydrogens (primary N) is 1. The van der Waals surface area contributed by atoms with E-state index in [-0.39, 0.29) is 5.91 Å². The van der Waals surface area contributed by atoms with E-state index in [9.17, 15) is 4.79 Å². The van der Waals surface area contributed by atoms with Crippen molar-refractivity contribution in [3.8, 4) is 0 Å². The summed E-state index contributed by atoms with van der Waals surface area (Å²) >= 11 is 0. The lowest BCUT2D eigenvalue weighted by Gasteiger charge is -2.22. The maximum Gasteiger partial charge on any atom is 0.226 e. The van der Waals surface area contributed by atoms with Crippen molar-refractivity contribution in [2.75, 3.05) is 19.6 Å². The minimum Gasteiger partial charge on any atom is -0.342 e. The minimum absolute atomic E-state index is 0.211. The Morgan fingerprint density at radius 3 is 2.44 bits per heavy atom. The second-order valence-corrected chi connectivity index (χ2v) is 4.54. The lowest BCUT2D eigenvalue weighted by atomic mass is 10.1. The molecule has 0 aromatic heterocycles. The molecule has 0 heterocycles. The molecule has 0 unspecified atom stereocenters. The number of hydrogen-bond acceptors (Lipinski definition) is 2. The van der Waals surface area contributed by atoms with E-state index in [1.54, 1.807) is 0 Å². The predicted octanol–water partition coefficient (Wildman–Crippen LogP) is 2.21. The van der Waals surface area contributed by atoms with Crippen molar-refractivity contribution < 1.29 is 4.79 Å². The molecule has 0 aliphatic rings. The molecular formula is C15H24N2O. The number of amides is 1. The SMILES string of the molecule is CCCCN(CCCN)C(=O)Cc1ccccc1. The van der Waals surface area contributed by atoms with Crippen molar-refractivity contribution in [1.29, 1.82) is 0 Å². The highest BCUT2D eigenvalue weighted by atomic mass is 16.2. The Labute approximate surface area is 110 Å². The van der Waals surface area contributed by atoms with E-state index in [4.69, 9.17) is 5.73 Å².